The maximum absolute atomic E-state index is 13.4. The van der Waals surface area contributed by atoms with Gasteiger partial charge in [0.1, 0.15) is 12.1 Å². The number of carbonyl (C=O) groups is 6. The topological polar surface area (TPSA) is 283 Å². The molecular weight excluding hydrogens is 997 g/mol. The van der Waals surface area contributed by atoms with Gasteiger partial charge >= 0.3 is 23.9 Å². The third-order valence-corrected chi connectivity index (χ3v) is 14.2. The van der Waals surface area contributed by atoms with Gasteiger partial charge in [0.2, 0.25) is 11.8 Å². The highest BCUT2D eigenvalue weighted by Gasteiger charge is 2.26. The number of nitrogens with one attached hydrogen (secondary N) is 4. The lowest BCUT2D eigenvalue weighted by Crippen LogP contribution is -2.42. The number of carboxylic acid groups (broad SMARTS) is 4. The third-order valence-electron chi connectivity index (χ3n) is 14.2. The van der Waals surface area contributed by atoms with Crippen molar-refractivity contribution >= 4 is 80.1 Å². The SMILES string of the molecule is CC1=C(CCOCCCc2ccccc2)c2cc3nc(cc4[nH]c(cc5[nH]c(cc1n2)c(C)c5CCC(=O)NC(CC(=O)O)C(=O)O)c(CCC(=O)NC(CC(=O)O)C(=O)O)c4C)C(CCOCCCc1ccccc1)=C3C. The molecule has 8 N–H and O–H groups in total. The first-order valence-electron chi connectivity index (χ1n) is 26.3. The normalized spacial score (nSPS) is 13.1. The van der Waals surface area contributed by atoms with E-state index in [9.17, 15) is 49.2 Å². The second kappa shape index (κ2) is 27.2. The van der Waals surface area contributed by atoms with Gasteiger partial charge in [0, 0.05) is 48.1 Å². The van der Waals surface area contributed by atoms with Crippen molar-refractivity contribution in [1.29, 1.82) is 0 Å². The van der Waals surface area contributed by atoms with Gasteiger partial charge in [-0.15, -0.1) is 0 Å². The van der Waals surface area contributed by atoms with Crippen molar-refractivity contribution in [2.24, 2.45) is 0 Å². The van der Waals surface area contributed by atoms with Crippen LogP contribution in [0.5, 0.6) is 0 Å². The zero-order valence-electron chi connectivity index (χ0n) is 44.5. The number of nitrogens with zero attached hydrogens (tertiary/aromatic N) is 2. The van der Waals surface area contributed by atoms with Crippen LogP contribution in [0.15, 0.2) is 84.9 Å². The van der Waals surface area contributed by atoms with Crippen LogP contribution in [-0.2, 0) is 63.9 Å². The molecule has 0 saturated carbocycles. The smallest absolute Gasteiger partial charge is 0.326 e. The average Bonchev–Trinajstić information content (AvgIpc) is 4.07. The van der Waals surface area contributed by atoms with Crippen LogP contribution in [0.3, 0.4) is 0 Å². The van der Waals surface area contributed by atoms with Gasteiger partial charge in [-0.25, -0.2) is 19.6 Å². The first-order valence-corrected chi connectivity index (χ1v) is 26.3. The van der Waals surface area contributed by atoms with Crippen molar-refractivity contribution in [1.82, 2.24) is 30.6 Å². The van der Waals surface area contributed by atoms with E-state index in [0.717, 1.165) is 70.5 Å². The highest BCUT2D eigenvalue weighted by Crippen LogP contribution is 2.37. The number of aryl methyl sites for hydroxylation is 6. The highest BCUT2D eigenvalue weighted by atomic mass is 16.5. The molecule has 5 heterocycles. The van der Waals surface area contributed by atoms with Crippen LogP contribution >= 0.6 is 0 Å². The molecule has 18 heteroatoms. The molecule has 8 bridgehead atoms. The van der Waals surface area contributed by atoms with Crippen LogP contribution in [0.4, 0.5) is 0 Å². The Balaban J connectivity index is 1.32. The number of benzene rings is 2. The highest BCUT2D eigenvalue weighted by molar-refractivity contribution is 5.96. The van der Waals surface area contributed by atoms with E-state index in [1.807, 2.05) is 88.4 Å². The van der Waals surface area contributed by atoms with Gasteiger partial charge in [-0.1, -0.05) is 60.7 Å². The zero-order valence-corrected chi connectivity index (χ0v) is 44.5. The van der Waals surface area contributed by atoms with E-state index in [0.29, 0.717) is 83.9 Å². The van der Waals surface area contributed by atoms with Crippen molar-refractivity contribution in [3.63, 3.8) is 0 Å². The molecule has 2 aliphatic heterocycles. The van der Waals surface area contributed by atoms with Crippen molar-refractivity contribution < 1.29 is 58.7 Å². The van der Waals surface area contributed by atoms with Gasteiger partial charge in [0.15, 0.2) is 0 Å². The van der Waals surface area contributed by atoms with E-state index in [1.165, 1.54) is 11.1 Å². The van der Waals surface area contributed by atoms with Gasteiger partial charge < -0.3 is 50.5 Å². The molecule has 0 spiro atoms. The number of amides is 2. The van der Waals surface area contributed by atoms with Gasteiger partial charge in [-0.2, -0.15) is 0 Å². The molecule has 3 aromatic heterocycles. The van der Waals surface area contributed by atoms with Crippen LogP contribution < -0.4 is 10.6 Å². The van der Waals surface area contributed by atoms with Crippen LogP contribution in [-0.4, -0.2) is 115 Å². The largest absolute Gasteiger partial charge is 0.481 e. The summed E-state index contributed by atoms with van der Waals surface area (Å²) in [6.45, 7) is 9.94. The van der Waals surface area contributed by atoms with Gasteiger partial charge in [0.25, 0.3) is 0 Å². The number of rotatable bonds is 28. The first-order chi connectivity index (χ1) is 37.4. The minimum absolute atomic E-state index is 0.110. The Kier molecular flexibility index (Phi) is 20.0. The predicted octanol–water partition coefficient (Wildman–Crippen LogP) is 8.83. The standard InChI is InChI=1S/C60H68N6O12/c1-35-41(19-21-55(67)65-53(59(73)74)33-57(69)70)51-32-52-42(20-22-56(68)66-54(60(75)76)34-58(71)72)36(2)47(64-52)30-50-44(24-28-78-26-12-18-40-15-9-6-10-16-40)38(4)48(63-50)31-49-43(37(3)46(61-49)29-45(35)62-51)23-27-77-25-11-17-39-13-7-5-8-14-39/h5-10,13-16,29-32,53-54,62,64H,11-12,17-28,33-34H2,1-4H3,(H,65,67)(H,66,68)(H,69,70)(H,71,72)(H,73,74)(H,75,76). The summed E-state index contributed by atoms with van der Waals surface area (Å²) >= 11 is 0. The summed E-state index contributed by atoms with van der Waals surface area (Å²) in [5.41, 5.74) is 14.7. The van der Waals surface area contributed by atoms with Crippen molar-refractivity contribution in [2.45, 2.75) is 117 Å². The Labute approximate surface area is 452 Å². The molecule has 78 heavy (non-hydrogen) atoms. The number of carbonyl (C=O) groups excluding carboxylic acids is 2. The van der Waals surface area contributed by atoms with Crippen molar-refractivity contribution in [3.05, 3.63) is 141 Å². The summed E-state index contributed by atoms with van der Waals surface area (Å²) in [5.74, 6) is -7.03. The fourth-order valence-electron chi connectivity index (χ4n) is 9.85. The van der Waals surface area contributed by atoms with E-state index in [4.69, 9.17) is 19.4 Å². The molecule has 2 aromatic carbocycles. The fraction of sp³-hybridized carbons (Fsp3) is 0.367. The molecule has 0 saturated heterocycles. The van der Waals surface area contributed by atoms with Crippen LogP contribution in [0.25, 0.3) is 44.4 Å². The Morgan fingerprint density at radius 3 is 1.29 bits per heavy atom. The van der Waals surface area contributed by atoms with Crippen molar-refractivity contribution in [3.8, 4) is 0 Å². The summed E-state index contributed by atoms with van der Waals surface area (Å²) in [6.07, 6.45) is 2.89. The molecule has 0 aliphatic carbocycles. The van der Waals surface area contributed by atoms with E-state index in [1.54, 1.807) is 0 Å². The maximum atomic E-state index is 13.4. The summed E-state index contributed by atoms with van der Waals surface area (Å²) in [6, 6.07) is 25.1. The summed E-state index contributed by atoms with van der Waals surface area (Å²) < 4.78 is 12.5. The predicted molar refractivity (Wildman–Crippen MR) is 296 cm³/mol. The number of fused-ring (bicyclic) bond motifs is 8. The minimum Gasteiger partial charge on any atom is -0.481 e. The molecule has 0 radical (unpaired) electrons. The molecule has 5 aromatic rings. The Morgan fingerprint density at radius 2 is 0.885 bits per heavy atom. The van der Waals surface area contributed by atoms with Gasteiger partial charge in [-0.3, -0.25) is 19.2 Å². The number of carboxylic acids is 4. The van der Waals surface area contributed by atoms with Gasteiger partial charge in [0.05, 0.1) is 48.8 Å². The average molecular weight is 1070 g/mol. The van der Waals surface area contributed by atoms with E-state index in [2.05, 4.69) is 44.9 Å². The van der Waals surface area contributed by atoms with E-state index >= 15 is 0 Å². The minimum atomic E-state index is -1.63. The monoisotopic (exact) mass is 1060 g/mol. The fourth-order valence-corrected chi connectivity index (χ4v) is 9.85. The van der Waals surface area contributed by atoms with E-state index < -0.39 is 60.6 Å². The molecular formula is C60H68N6O12. The number of hydrogen-bond acceptors (Lipinski definition) is 10. The zero-order chi connectivity index (χ0) is 55.9. The molecule has 7 rings (SSSR count). The molecule has 2 amide bonds. The molecule has 2 aliphatic rings. The lowest BCUT2D eigenvalue weighted by Gasteiger charge is -2.12. The van der Waals surface area contributed by atoms with E-state index in [-0.39, 0.29) is 25.7 Å². The lowest BCUT2D eigenvalue weighted by molar-refractivity contribution is -0.147. The number of ether oxygens (including phenoxy) is 2. The van der Waals surface area contributed by atoms with Crippen LogP contribution in [0, 0.1) is 13.8 Å². The Hall–Kier alpha value is -8.22. The first kappa shape index (κ1) is 57.5. The summed E-state index contributed by atoms with van der Waals surface area (Å²) in [7, 11) is 0. The second-order valence-electron chi connectivity index (χ2n) is 19.7. The van der Waals surface area contributed by atoms with Crippen LogP contribution in [0.1, 0.15) is 121 Å². The Morgan fingerprint density at radius 1 is 0.487 bits per heavy atom. The number of aliphatic carboxylic acids is 4. The number of allylic oxidation sites excluding steroid dienone is 2. The molecule has 2 unspecified atom stereocenters. The maximum Gasteiger partial charge on any atom is 0.326 e. The molecule has 0 fully saturated rings. The third kappa shape index (κ3) is 15.5. The van der Waals surface area contributed by atoms with Crippen LogP contribution in [0.2, 0.25) is 0 Å². The van der Waals surface area contributed by atoms with Crippen molar-refractivity contribution in [2.75, 3.05) is 26.4 Å². The molecule has 2 atom stereocenters. The Bertz CT molecular complexity index is 3270. The summed E-state index contributed by atoms with van der Waals surface area (Å²) in [5, 5.41) is 42.7. The van der Waals surface area contributed by atoms with Gasteiger partial charge in [-0.05, 0) is 159 Å². The second-order valence-corrected chi connectivity index (χ2v) is 19.7. The quantitative estimate of drug-likeness (QED) is 0.0217. The number of aromatic nitrogens is 4. The lowest BCUT2D eigenvalue weighted by atomic mass is 10.0. The molecule has 18 nitrogen and oxygen atoms in total. The number of hydrogen-bond donors (Lipinski definition) is 8. The number of aromatic amines is 2. The molecule has 410 valence electrons. The number of H-pyrrole nitrogens is 2. The summed E-state index contributed by atoms with van der Waals surface area (Å²) in [4.78, 5) is 91.0.